The van der Waals surface area contributed by atoms with Gasteiger partial charge in [0.2, 0.25) is 0 Å². The monoisotopic (exact) mass is 676 g/mol. The molecule has 2 heterocycles. The number of hydrogen-bond donors (Lipinski definition) is 0. The van der Waals surface area contributed by atoms with Crippen molar-refractivity contribution in [3.63, 3.8) is 0 Å². The zero-order valence-electron chi connectivity index (χ0n) is 24.7. The number of benzene rings is 4. The van der Waals surface area contributed by atoms with Crippen molar-refractivity contribution in [3.05, 3.63) is 125 Å². The summed E-state index contributed by atoms with van der Waals surface area (Å²) in [4.78, 5) is 16.3. The molecular weight excluding hydrogens is 653 g/mol. The van der Waals surface area contributed by atoms with Gasteiger partial charge in [-0.05, 0) is 66.2 Å². The third kappa shape index (κ3) is 5.72. The van der Waals surface area contributed by atoms with E-state index in [0.29, 0.717) is 22.4 Å². The molecule has 0 N–H and O–H groups in total. The Morgan fingerprint density at radius 1 is 0.894 bits per heavy atom. The topological polar surface area (TPSA) is 87.5 Å². The molecule has 7 nitrogen and oxygen atoms in total. The van der Waals surface area contributed by atoms with Gasteiger partial charge in [-0.1, -0.05) is 48.0 Å². The molecule has 0 bridgehead atoms. The van der Waals surface area contributed by atoms with Crippen LogP contribution in [0.3, 0.4) is 0 Å². The van der Waals surface area contributed by atoms with Crippen LogP contribution in [0.4, 0.5) is 13.2 Å². The Labute approximate surface area is 272 Å². The number of hydrogen-bond acceptors (Lipinski definition) is 6. The number of halogens is 4. The van der Waals surface area contributed by atoms with Gasteiger partial charge < -0.3 is 9.47 Å². The lowest BCUT2D eigenvalue weighted by atomic mass is 9.97. The highest BCUT2D eigenvalue weighted by Gasteiger charge is 2.31. The average Bonchev–Trinajstić information content (AvgIpc) is 3.42. The van der Waals surface area contributed by atoms with Gasteiger partial charge in [0.1, 0.15) is 17.3 Å². The van der Waals surface area contributed by atoms with E-state index in [1.54, 1.807) is 48.5 Å². The van der Waals surface area contributed by atoms with Crippen molar-refractivity contribution in [2.24, 2.45) is 0 Å². The highest BCUT2D eigenvalue weighted by Crippen LogP contribution is 2.46. The molecule has 0 aliphatic rings. The lowest BCUT2D eigenvalue weighted by Gasteiger charge is -2.16. The lowest BCUT2D eigenvalue weighted by Crippen LogP contribution is -2.14. The van der Waals surface area contributed by atoms with E-state index in [-0.39, 0.29) is 48.9 Å². The molecule has 0 radical (unpaired) electrons. The number of esters is 1. The van der Waals surface area contributed by atoms with Crippen LogP contribution in [0, 0.1) is 5.82 Å². The number of carbonyl (C=O) groups excluding carboxylic acids is 1. The van der Waals surface area contributed by atoms with Gasteiger partial charge in [-0.2, -0.15) is 0 Å². The molecule has 0 saturated heterocycles. The summed E-state index contributed by atoms with van der Waals surface area (Å²) in [5.74, 6) is -0.889. The normalized spacial score (nSPS) is 11.6. The zero-order chi connectivity index (χ0) is 33.5. The molecule has 0 unspecified atom stereocenters. The van der Waals surface area contributed by atoms with Crippen LogP contribution in [-0.2, 0) is 14.8 Å². The summed E-state index contributed by atoms with van der Waals surface area (Å²) < 4.78 is 82.1. The molecule has 0 saturated carbocycles. The molecule has 6 aromatic rings. The zero-order valence-corrected chi connectivity index (χ0v) is 26.3. The van der Waals surface area contributed by atoms with E-state index in [1.165, 1.54) is 38.6 Å². The molecule has 12 heteroatoms. The van der Waals surface area contributed by atoms with E-state index in [4.69, 9.17) is 21.1 Å². The smallest absolute Gasteiger partial charge is 0.337 e. The molecule has 47 heavy (non-hydrogen) atoms. The van der Waals surface area contributed by atoms with Crippen molar-refractivity contribution >= 4 is 38.5 Å². The second kappa shape index (κ2) is 12.6. The van der Waals surface area contributed by atoms with Crippen LogP contribution in [0.1, 0.15) is 22.3 Å². The second-order valence-corrected chi connectivity index (χ2v) is 12.5. The van der Waals surface area contributed by atoms with Gasteiger partial charge in [-0.15, -0.1) is 0 Å². The van der Waals surface area contributed by atoms with Crippen molar-refractivity contribution in [2.45, 2.75) is 11.3 Å². The van der Waals surface area contributed by atoms with Gasteiger partial charge in [-0.3, -0.25) is 4.98 Å². The van der Waals surface area contributed by atoms with Crippen LogP contribution in [-0.4, -0.2) is 37.6 Å². The predicted octanol–water partition coefficient (Wildman–Crippen LogP) is 8.80. The fourth-order valence-corrected chi connectivity index (χ4v) is 7.28. The third-order valence-corrected chi connectivity index (χ3v) is 9.66. The highest BCUT2D eigenvalue weighted by atomic mass is 35.5. The molecule has 0 amide bonds. The van der Waals surface area contributed by atoms with Crippen LogP contribution in [0.2, 0.25) is 5.02 Å². The maximum Gasteiger partial charge on any atom is 0.337 e. The van der Waals surface area contributed by atoms with E-state index >= 15 is 0 Å². The van der Waals surface area contributed by atoms with Crippen molar-refractivity contribution in [1.29, 1.82) is 0 Å². The van der Waals surface area contributed by atoms with E-state index < -0.39 is 28.2 Å². The first-order valence-electron chi connectivity index (χ1n) is 14.0. The fourth-order valence-electron chi connectivity index (χ4n) is 5.45. The van der Waals surface area contributed by atoms with Crippen molar-refractivity contribution in [1.82, 2.24) is 8.96 Å². The first kappa shape index (κ1) is 31.8. The second-order valence-electron chi connectivity index (χ2n) is 10.3. The largest absolute Gasteiger partial charge is 0.494 e. The third-order valence-electron chi connectivity index (χ3n) is 7.62. The summed E-state index contributed by atoms with van der Waals surface area (Å²) in [6.45, 7) is 0. The molecule has 0 aliphatic heterocycles. The number of aromatic nitrogens is 2. The molecule has 0 aliphatic carbocycles. The molecule has 0 spiro atoms. The van der Waals surface area contributed by atoms with Gasteiger partial charge >= 0.3 is 5.97 Å². The number of fused-ring (bicyclic) bond motifs is 1. The molecule has 0 atom stereocenters. The van der Waals surface area contributed by atoms with Crippen LogP contribution in [0.5, 0.6) is 5.75 Å². The Kier molecular flexibility index (Phi) is 8.52. The lowest BCUT2D eigenvalue weighted by molar-refractivity contribution is 0.0600. The Balaban J connectivity index is 1.69. The molecular formula is C35H24ClF3N2O5S. The SMILES string of the molecule is COC(=O)c1ccc(-c2cccc(-c3c(-c4ncccc4OC)c4cc(F)ccc4n3S(=O)(=O)c3ccc(C(F)F)cc3)c2)c(Cl)c1. The number of alkyl halides is 2. The summed E-state index contributed by atoms with van der Waals surface area (Å²) in [7, 11) is -1.82. The van der Waals surface area contributed by atoms with E-state index in [1.807, 2.05) is 0 Å². The van der Waals surface area contributed by atoms with Crippen molar-refractivity contribution in [3.8, 4) is 39.4 Å². The number of nitrogens with zero attached hydrogens (tertiary/aromatic N) is 2. The van der Waals surface area contributed by atoms with Crippen LogP contribution in [0.15, 0.2) is 108 Å². The first-order valence-corrected chi connectivity index (χ1v) is 15.8. The molecule has 238 valence electrons. The minimum absolute atomic E-state index is 0.115. The van der Waals surface area contributed by atoms with Gasteiger partial charge in [0.25, 0.3) is 16.4 Å². The van der Waals surface area contributed by atoms with Crippen LogP contribution < -0.4 is 4.74 Å². The Morgan fingerprint density at radius 2 is 1.64 bits per heavy atom. The number of pyridine rings is 1. The van der Waals surface area contributed by atoms with Crippen molar-refractivity contribution in [2.75, 3.05) is 14.2 Å². The standard InChI is InChI=1S/C35H24ClF3N2O5S/c1-45-30-7-4-16-40-32(30)31-27-19-24(37)11-15-29(27)41(47(43,44)25-12-8-20(9-13-25)34(38)39)33(31)22-6-3-5-21(17-22)26-14-10-23(18-28(26)36)35(42)46-2/h3-19,34H,1-2H3. The van der Waals surface area contributed by atoms with Crippen LogP contribution in [0.25, 0.3) is 44.5 Å². The van der Waals surface area contributed by atoms with E-state index in [9.17, 15) is 26.4 Å². The Bertz CT molecular complexity index is 2270. The van der Waals surface area contributed by atoms with Gasteiger partial charge in [0.05, 0.1) is 35.9 Å². The summed E-state index contributed by atoms with van der Waals surface area (Å²) in [6.07, 6.45) is -1.29. The van der Waals surface area contributed by atoms with E-state index in [2.05, 4.69) is 4.98 Å². The Morgan fingerprint density at radius 3 is 2.32 bits per heavy atom. The maximum absolute atomic E-state index is 14.9. The number of rotatable bonds is 8. The number of methoxy groups -OCH3 is 2. The summed E-state index contributed by atoms with van der Waals surface area (Å²) >= 11 is 6.60. The summed E-state index contributed by atoms with van der Waals surface area (Å²) in [5, 5.41) is 0.460. The molecule has 2 aromatic heterocycles. The summed E-state index contributed by atoms with van der Waals surface area (Å²) in [5.41, 5.74) is 2.13. The van der Waals surface area contributed by atoms with Gasteiger partial charge in [-0.25, -0.2) is 30.4 Å². The Hall–Kier alpha value is -5.13. The molecule has 4 aromatic carbocycles. The predicted molar refractivity (Wildman–Crippen MR) is 173 cm³/mol. The van der Waals surface area contributed by atoms with Gasteiger partial charge in [0, 0.05) is 38.9 Å². The fraction of sp³-hybridized carbons (Fsp3) is 0.0857. The maximum atomic E-state index is 14.9. The minimum Gasteiger partial charge on any atom is -0.494 e. The molecule has 6 rings (SSSR count). The highest BCUT2D eigenvalue weighted by molar-refractivity contribution is 7.90. The van der Waals surface area contributed by atoms with Gasteiger partial charge in [0.15, 0.2) is 0 Å². The molecule has 0 fully saturated rings. The van der Waals surface area contributed by atoms with Crippen molar-refractivity contribution < 1.29 is 35.9 Å². The first-order chi connectivity index (χ1) is 22.5. The van der Waals surface area contributed by atoms with E-state index in [0.717, 1.165) is 34.3 Å². The van der Waals surface area contributed by atoms with Crippen LogP contribution >= 0.6 is 11.6 Å². The minimum atomic E-state index is -4.51. The quantitative estimate of drug-likeness (QED) is 0.150. The summed E-state index contributed by atoms with van der Waals surface area (Å²) in [6, 6.07) is 22.8. The number of ether oxygens (including phenoxy) is 2. The number of carbonyl (C=O) groups is 1. The average molecular weight is 677 g/mol.